The average Bonchev–Trinajstić information content (AvgIpc) is 3.03. The van der Waals surface area contributed by atoms with Gasteiger partial charge in [0, 0.05) is 0 Å². The third-order valence-corrected chi connectivity index (χ3v) is 7.16. The number of carbonyl (C=O) groups is 3. The van der Waals surface area contributed by atoms with Gasteiger partial charge < -0.3 is 44.0 Å². The molecule has 304 valence electrons. The minimum atomic E-state index is -5.08. The van der Waals surface area contributed by atoms with Gasteiger partial charge in [0.15, 0.2) is 11.9 Å². The second kappa shape index (κ2) is 20.3. The maximum atomic E-state index is 13.2. The van der Waals surface area contributed by atoms with Crippen molar-refractivity contribution in [3.05, 3.63) is 89.5 Å². The molecule has 0 heterocycles. The van der Waals surface area contributed by atoms with E-state index in [-0.39, 0.29) is 16.8 Å². The summed E-state index contributed by atoms with van der Waals surface area (Å²) in [7, 11) is -3.93. The standard InChI is InChI=1S/C23H28N8O2S.3C2HF3O2/c1-14-8-10-19(11-9-14)34(32,33)31-21(16-5-3-7-18(13-16)30-23(27)28)20(24)15-4-2-6-17(12-15)29-22(25)26;3*3-2(4,5)1(6)7/h2-13,20-21,31H,24H2,1H3,(H4,25,26,29)(H4,27,28,30);3*(H,6,7)/t20-,21-;;;/m1.../s1. The van der Waals surface area contributed by atoms with E-state index >= 15 is 0 Å². The number of benzene rings is 3. The quantitative estimate of drug-likeness (QED) is 0.0895. The number of halogens is 9. The van der Waals surface area contributed by atoms with Crippen LogP contribution in [0.1, 0.15) is 28.8 Å². The molecule has 3 aromatic rings. The van der Waals surface area contributed by atoms with E-state index in [1.165, 1.54) is 12.1 Å². The van der Waals surface area contributed by atoms with E-state index in [0.717, 1.165) is 5.56 Å². The van der Waals surface area contributed by atoms with Crippen LogP contribution in [0.25, 0.3) is 0 Å². The first-order chi connectivity index (χ1) is 24.9. The molecule has 0 amide bonds. The summed E-state index contributed by atoms with van der Waals surface area (Å²) in [5.41, 5.74) is 31.7. The molecule has 16 nitrogen and oxygen atoms in total. The number of hydrogen-bond acceptors (Lipinski definition) is 8. The van der Waals surface area contributed by atoms with E-state index in [1.807, 2.05) is 6.92 Å². The van der Waals surface area contributed by atoms with Crippen molar-refractivity contribution in [2.24, 2.45) is 38.7 Å². The lowest BCUT2D eigenvalue weighted by atomic mass is 9.94. The number of carboxylic acids is 3. The first kappa shape index (κ1) is 48.8. The molecule has 0 aliphatic rings. The summed E-state index contributed by atoms with van der Waals surface area (Å²) in [6.45, 7) is 1.88. The fraction of sp³-hybridized carbons (Fsp3) is 0.207. The SMILES string of the molecule is Cc1ccc(S(=O)(=O)N[C@H](c2cccc(N=C(N)N)c2)[C@H](N)c2cccc(N=C(N)N)c2)cc1.O=C(O)C(F)(F)F.O=C(O)C(F)(F)F.O=C(O)C(F)(F)F. The summed E-state index contributed by atoms with van der Waals surface area (Å²) < 4.78 is 124. The Morgan fingerprint density at radius 3 is 1.29 bits per heavy atom. The van der Waals surface area contributed by atoms with Crippen LogP contribution in [0.4, 0.5) is 50.9 Å². The molecule has 3 aromatic carbocycles. The van der Waals surface area contributed by atoms with Gasteiger partial charge in [-0.1, -0.05) is 42.0 Å². The summed E-state index contributed by atoms with van der Waals surface area (Å²) in [4.78, 5) is 34.9. The van der Waals surface area contributed by atoms with E-state index in [4.69, 9.17) is 58.4 Å². The predicted octanol–water partition coefficient (Wildman–Crippen LogP) is 3.42. The number of aryl methyl sites for hydroxylation is 1. The van der Waals surface area contributed by atoms with Crippen LogP contribution in [0.5, 0.6) is 0 Å². The van der Waals surface area contributed by atoms with Gasteiger partial charge >= 0.3 is 36.4 Å². The number of guanidine groups is 2. The summed E-state index contributed by atoms with van der Waals surface area (Å²) in [6, 6.07) is 18.6. The van der Waals surface area contributed by atoms with Gasteiger partial charge in [-0.3, -0.25) is 0 Å². The zero-order chi connectivity index (χ0) is 43.1. The van der Waals surface area contributed by atoms with E-state index in [0.29, 0.717) is 22.5 Å². The Hall–Kier alpha value is -6.15. The highest BCUT2D eigenvalue weighted by molar-refractivity contribution is 7.89. The van der Waals surface area contributed by atoms with Crippen molar-refractivity contribution >= 4 is 51.2 Å². The molecule has 0 aliphatic carbocycles. The molecular formula is C29H31F9N8O8S. The highest BCUT2D eigenvalue weighted by atomic mass is 32.2. The van der Waals surface area contributed by atoms with Crippen LogP contribution in [0.3, 0.4) is 0 Å². The van der Waals surface area contributed by atoms with Crippen LogP contribution < -0.4 is 33.4 Å². The molecule has 0 fully saturated rings. The second-order valence-corrected chi connectivity index (χ2v) is 11.8. The smallest absolute Gasteiger partial charge is 0.475 e. The van der Waals surface area contributed by atoms with E-state index in [1.54, 1.807) is 60.7 Å². The number of sulfonamides is 1. The molecule has 0 bridgehead atoms. The lowest BCUT2D eigenvalue weighted by molar-refractivity contribution is -0.193. The van der Waals surface area contributed by atoms with Crippen molar-refractivity contribution in [3.8, 4) is 0 Å². The number of rotatable bonds is 8. The van der Waals surface area contributed by atoms with Crippen LogP contribution in [0.15, 0.2) is 87.7 Å². The zero-order valence-corrected chi connectivity index (χ0v) is 28.4. The van der Waals surface area contributed by atoms with E-state index in [2.05, 4.69) is 14.7 Å². The Balaban J connectivity index is 0.00000113. The molecule has 55 heavy (non-hydrogen) atoms. The number of carboxylic acid groups (broad SMARTS) is 3. The maximum Gasteiger partial charge on any atom is 0.490 e. The van der Waals surface area contributed by atoms with Crippen molar-refractivity contribution in [3.63, 3.8) is 0 Å². The Bertz CT molecular complexity index is 1870. The average molecular weight is 823 g/mol. The van der Waals surface area contributed by atoms with Gasteiger partial charge in [0.25, 0.3) is 0 Å². The van der Waals surface area contributed by atoms with Crippen molar-refractivity contribution in [2.75, 3.05) is 0 Å². The monoisotopic (exact) mass is 822 g/mol. The number of alkyl halides is 9. The summed E-state index contributed by atoms with van der Waals surface area (Å²) >= 11 is 0. The van der Waals surface area contributed by atoms with E-state index in [9.17, 15) is 47.9 Å². The van der Waals surface area contributed by atoms with Crippen LogP contribution in [-0.4, -0.2) is 72.1 Å². The Labute approximate surface area is 304 Å². The van der Waals surface area contributed by atoms with Crippen molar-refractivity contribution in [1.82, 2.24) is 4.72 Å². The molecule has 0 saturated carbocycles. The fourth-order valence-corrected chi connectivity index (χ4v) is 4.63. The van der Waals surface area contributed by atoms with Crippen LogP contribution in [0, 0.1) is 6.92 Å². The minimum Gasteiger partial charge on any atom is -0.475 e. The highest BCUT2D eigenvalue weighted by Crippen LogP contribution is 2.32. The predicted molar refractivity (Wildman–Crippen MR) is 176 cm³/mol. The minimum absolute atomic E-state index is 0.104. The van der Waals surface area contributed by atoms with Gasteiger partial charge in [-0.15, -0.1) is 0 Å². The molecular weight excluding hydrogens is 791 g/mol. The molecule has 0 aliphatic heterocycles. The Morgan fingerprint density at radius 1 is 0.636 bits per heavy atom. The highest BCUT2D eigenvalue weighted by Gasteiger charge is 2.39. The Kier molecular flexibility index (Phi) is 18.1. The first-order valence-corrected chi connectivity index (χ1v) is 15.5. The molecule has 2 atom stereocenters. The molecule has 0 spiro atoms. The topological polar surface area (TPSA) is 313 Å². The largest absolute Gasteiger partial charge is 0.490 e. The summed E-state index contributed by atoms with van der Waals surface area (Å²) in [5, 5.41) is 21.4. The normalized spacial score (nSPS) is 12.3. The fourth-order valence-electron chi connectivity index (χ4n) is 3.38. The molecule has 0 aromatic heterocycles. The Morgan fingerprint density at radius 2 is 0.964 bits per heavy atom. The molecule has 3 rings (SSSR count). The maximum absolute atomic E-state index is 13.2. The molecule has 0 unspecified atom stereocenters. The number of nitrogens with one attached hydrogen (secondary N) is 1. The molecule has 14 N–H and O–H groups in total. The van der Waals surface area contributed by atoms with Crippen molar-refractivity contribution in [2.45, 2.75) is 42.4 Å². The molecule has 26 heteroatoms. The van der Waals surface area contributed by atoms with Crippen LogP contribution in [0.2, 0.25) is 0 Å². The third-order valence-electron chi connectivity index (χ3n) is 5.70. The number of nitrogens with two attached hydrogens (primary N) is 5. The van der Waals surface area contributed by atoms with Gasteiger partial charge in [0.05, 0.1) is 28.4 Å². The zero-order valence-electron chi connectivity index (χ0n) is 27.6. The lowest BCUT2D eigenvalue weighted by Gasteiger charge is -2.26. The number of nitrogens with zero attached hydrogens (tertiary/aromatic N) is 2. The molecule has 0 radical (unpaired) electrons. The van der Waals surface area contributed by atoms with Gasteiger partial charge in [0.2, 0.25) is 10.0 Å². The van der Waals surface area contributed by atoms with Crippen molar-refractivity contribution in [1.29, 1.82) is 0 Å². The lowest BCUT2D eigenvalue weighted by Crippen LogP contribution is -2.36. The van der Waals surface area contributed by atoms with Crippen LogP contribution in [-0.2, 0) is 24.4 Å². The summed E-state index contributed by atoms with van der Waals surface area (Å²) in [6.07, 6.45) is -15.3. The van der Waals surface area contributed by atoms with Gasteiger partial charge in [-0.2, -0.15) is 39.5 Å². The van der Waals surface area contributed by atoms with Gasteiger partial charge in [-0.05, 0) is 54.4 Å². The number of hydrogen-bond donors (Lipinski definition) is 9. The molecule has 0 saturated heterocycles. The summed E-state index contributed by atoms with van der Waals surface area (Å²) in [5.74, 6) is -8.50. The number of aliphatic imine (C=N–C) groups is 2. The van der Waals surface area contributed by atoms with Crippen molar-refractivity contribution < 1.29 is 77.6 Å². The van der Waals surface area contributed by atoms with Gasteiger partial charge in [0.1, 0.15) is 0 Å². The van der Waals surface area contributed by atoms with Gasteiger partial charge in [-0.25, -0.2) is 37.5 Å². The number of aliphatic carboxylic acids is 3. The second-order valence-electron chi connectivity index (χ2n) is 10.1. The third kappa shape index (κ3) is 19.0. The van der Waals surface area contributed by atoms with E-state index < -0.39 is 58.5 Å². The first-order valence-electron chi connectivity index (χ1n) is 14.0. The van der Waals surface area contributed by atoms with Crippen LogP contribution >= 0.6 is 0 Å².